The Morgan fingerprint density at radius 3 is 2.88 bits per heavy atom. The summed E-state index contributed by atoms with van der Waals surface area (Å²) in [6.45, 7) is 3.07. The summed E-state index contributed by atoms with van der Waals surface area (Å²) < 4.78 is 1.06. The molecule has 0 amide bonds. The smallest absolute Gasteiger partial charge is 0.126 e. The minimum atomic E-state index is 0.449. The standard InChI is InChI=1S/C12H16BrClN2/c1-9-6-11(15-7-10(9)13)16-8-12(2-3-12)4-5-14/h6-7H,2-5,8H2,1H3,(H,15,16). The summed E-state index contributed by atoms with van der Waals surface area (Å²) in [4.78, 5) is 4.34. The highest BCUT2D eigenvalue weighted by Crippen LogP contribution is 2.48. The fraction of sp³-hybridized carbons (Fsp3) is 0.583. The van der Waals surface area contributed by atoms with Crippen molar-refractivity contribution in [3.8, 4) is 0 Å². The summed E-state index contributed by atoms with van der Waals surface area (Å²) in [6.07, 6.45) is 5.54. The van der Waals surface area contributed by atoms with Crippen molar-refractivity contribution in [3.05, 3.63) is 22.3 Å². The van der Waals surface area contributed by atoms with Gasteiger partial charge in [-0.1, -0.05) is 0 Å². The lowest BCUT2D eigenvalue weighted by molar-refractivity contribution is 0.524. The first-order valence-corrected chi connectivity index (χ1v) is 6.90. The van der Waals surface area contributed by atoms with E-state index in [4.69, 9.17) is 11.6 Å². The number of rotatable bonds is 5. The molecule has 0 atom stereocenters. The van der Waals surface area contributed by atoms with Crippen LogP contribution in [-0.2, 0) is 0 Å². The minimum absolute atomic E-state index is 0.449. The Kier molecular flexibility index (Phi) is 3.75. The van der Waals surface area contributed by atoms with Crippen molar-refractivity contribution >= 4 is 33.3 Å². The number of hydrogen-bond donors (Lipinski definition) is 1. The number of pyridine rings is 1. The summed E-state index contributed by atoms with van der Waals surface area (Å²) in [7, 11) is 0. The number of nitrogens with zero attached hydrogens (tertiary/aromatic N) is 1. The molecular formula is C12H16BrClN2. The lowest BCUT2D eigenvalue weighted by atomic mass is 10.0. The molecule has 1 aliphatic rings. The molecule has 1 fully saturated rings. The van der Waals surface area contributed by atoms with Crippen molar-refractivity contribution in [3.63, 3.8) is 0 Å². The molecule has 0 unspecified atom stereocenters. The lowest BCUT2D eigenvalue weighted by Gasteiger charge is -2.15. The topological polar surface area (TPSA) is 24.9 Å². The maximum absolute atomic E-state index is 5.80. The van der Waals surface area contributed by atoms with Crippen LogP contribution in [0.25, 0.3) is 0 Å². The van der Waals surface area contributed by atoms with Crippen molar-refractivity contribution < 1.29 is 0 Å². The van der Waals surface area contributed by atoms with Gasteiger partial charge in [0.05, 0.1) is 0 Å². The first-order valence-electron chi connectivity index (χ1n) is 5.57. The fourth-order valence-corrected chi connectivity index (χ4v) is 2.42. The summed E-state index contributed by atoms with van der Waals surface area (Å²) in [6, 6.07) is 2.07. The van der Waals surface area contributed by atoms with Gasteiger partial charge in [-0.2, -0.15) is 0 Å². The van der Waals surface area contributed by atoms with Gasteiger partial charge in [-0.15, -0.1) is 11.6 Å². The molecule has 88 valence electrons. The number of halogens is 2. The molecule has 0 spiro atoms. The molecule has 1 aromatic heterocycles. The van der Waals surface area contributed by atoms with Crippen LogP contribution in [0, 0.1) is 12.3 Å². The summed E-state index contributed by atoms with van der Waals surface area (Å²) >= 11 is 9.25. The van der Waals surface area contributed by atoms with Gasteiger partial charge in [0.25, 0.3) is 0 Å². The van der Waals surface area contributed by atoms with Crippen LogP contribution in [0.1, 0.15) is 24.8 Å². The van der Waals surface area contributed by atoms with Gasteiger partial charge >= 0.3 is 0 Å². The quantitative estimate of drug-likeness (QED) is 0.833. The van der Waals surface area contributed by atoms with Crippen molar-refractivity contribution in [2.45, 2.75) is 26.2 Å². The number of aromatic nitrogens is 1. The first-order chi connectivity index (χ1) is 7.65. The fourth-order valence-electron chi connectivity index (χ4n) is 1.81. The Bertz CT molecular complexity index is 377. The molecule has 0 saturated heterocycles. The van der Waals surface area contributed by atoms with Gasteiger partial charge < -0.3 is 5.32 Å². The van der Waals surface area contributed by atoms with Gasteiger partial charge in [0.2, 0.25) is 0 Å². The zero-order valence-electron chi connectivity index (χ0n) is 9.39. The minimum Gasteiger partial charge on any atom is -0.370 e. The van der Waals surface area contributed by atoms with E-state index in [2.05, 4.69) is 39.2 Å². The third kappa shape index (κ3) is 2.89. The second kappa shape index (κ2) is 4.92. The number of nitrogens with one attached hydrogen (secondary N) is 1. The maximum Gasteiger partial charge on any atom is 0.126 e. The maximum atomic E-state index is 5.80. The molecule has 0 bridgehead atoms. The molecule has 1 heterocycles. The summed E-state index contributed by atoms with van der Waals surface area (Å²) in [5.41, 5.74) is 1.66. The van der Waals surface area contributed by atoms with E-state index in [0.717, 1.165) is 29.1 Å². The molecule has 0 aromatic carbocycles. The summed E-state index contributed by atoms with van der Waals surface area (Å²) in [5.74, 6) is 1.72. The molecule has 2 rings (SSSR count). The van der Waals surface area contributed by atoms with Crippen LogP contribution in [0.4, 0.5) is 5.82 Å². The number of hydrogen-bond acceptors (Lipinski definition) is 2. The zero-order valence-corrected chi connectivity index (χ0v) is 11.7. The Morgan fingerprint density at radius 1 is 1.56 bits per heavy atom. The van der Waals surface area contributed by atoms with Crippen LogP contribution in [0.3, 0.4) is 0 Å². The van der Waals surface area contributed by atoms with Crippen LogP contribution < -0.4 is 5.32 Å². The van der Waals surface area contributed by atoms with Crippen LogP contribution in [0.5, 0.6) is 0 Å². The molecule has 1 N–H and O–H groups in total. The highest BCUT2D eigenvalue weighted by atomic mass is 79.9. The second-order valence-electron chi connectivity index (χ2n) is 4.61. The normalized spacial score (nSPS) is 17.2. The molecular weight excluding hydrogens is 288 g/mol. The van der Waals surface area contributed by atoms with Gasteiger partial charge in [-0.05, 0) is 59.2 Å². The van der Waals surface area contributed by atoms with Gasteiger partial charge in [0.15, 0.2) is 0 Å². The van der Waals surface area contributed by atoms with Crippen LogP contribution in [-0.4, -0.2) is 17.4 Å². The highest BCUT2D eigenvalue weighted by Gasteiger charge is 2.41. The zero-order chi connectivity index (χ0) is 11.6. The predicted octanol–water partition coefficient (Wildman–Crippen LogP) is 3.97. The molecule has 2 nitrogen and oxygen atoms in total. The Labute approximate surface area is 110 Å². The number of aryl methyl sites for hydroxylation is 1. The molecule has 0 aliphatic heterocycles. The second-order valence-corrected chi connectivity index (χ2v) is 5.84. The summed E-state index contributed by atoms with van der Waals surface area (Å²) in [5, 5.41) is 3.41. The third-order valence-electron chi connectivity index (χ3n) is 3.27. The predicted molar refractivity (Wildman–Crippen MR) is 72.2 cm³/mol. The van der Waals surface area contributed by atoms with Gasteiger partial charge in [0, 0.05) is 23.1 Å². The van der Waals surface area contributed by atoms with E-state index in [0.29, 0.717) is 5.41 Å². The molecule has 4 heteroatoms. The Hall–Kier alpha value is -0.280. The molecule has 16 heavy (non-hydrogen) atoms. The van der Waals surface area contributed by atoms with E-state index in [1.165, 1.54) is 18.4 Å². The average Bonchev–Trinajstić information content (AvgIpc) is 3.01. The van der Waals surface area contributed by atoms with E-state index in [9.17, 15) is 0 Å². The van der Waals surface area contributed by atoms with E-state index in [1.54, 1.807) is 0 Å². The molecule has 1 aliphatic carbocycles. The monoisotopic (exact) mass is 302 g/mol. The van der Waals surface area contributed by atoms with Crippen LogP contribution >= 0.6 is 27.5 Å². The third-order valence-corrected chi connectivity index (χ3v) is 4.29. The van der Waals surface area contributed by atoms with Gasteiger partial charge in [-0.3, -0.25) is 0 Å². The van der Waals surface area contributed by atoms with Gasteiger partial charge in [-0.25, -0.2) is 4.98 Å². The van der Waals surface area contributed by atoms with Crippen LogP contribution in [0.2, 0.25) is 0 Å². The van der Waals surface area contributed by atoms with Crippen molar-refractivity contribution in [2.75, 3.05) is 17.7 Å². The molecule has 1 saturated carbocycles. The van der Waals surface area contributed by atoms with Crippen molar-refractivity contribution in [2.24, 2.45) is 5.41 Å². The average molecular weight is 304 g/mol. The number of anilines is 1. The van der Waals surface area contributed by atoms with E-state index in [-0.39, 0.29) is 0 Å². The SMILES string of the molecule is Cc1cc(NCC2(CCCl)CC2)ncc1Br. The number of alkyl halides is 1. The van der Waals surface area contributed by atoms with Crippen LogP contribution in [0.15, 0.2) is 16.7 Å². The lowest BCUT2D eigenvalue weighted by Crippen LogP contribution is -2.16. The first kappa shape index (κ1) is 12.2. The van der Waals surface area contributed by atoms with Crippen molar-refractivity contribution in [1.29, 1.82) is 0 Å². The molecule has 0 radical (unpaired) electrons. The Balaban J connectivity index is 1.92. The van der Waals surface area contributed by atoms with Gasteiger partial charge in [0.1, 0.15) is 5.82 Å². The Morgan fingerprint density at radius 2 is 2.31 bits per heavy atom. The van der Waals surface area contributed by atoms with E-state index >= 15 is 0 Å². The van der Waals surface area contributed by atoms with Crippen molar-refractivity contribution in [1.82, 2.24) is 4.98 Å². The van der Waals surface area contributed by atoms with E-state index in [1.807, 2.05) is 6.20 Å². The van der Waals surface area contributed by atoms with E-state index < -0.39 is 0 Å². The molecule has 1 aromatic rings. The highest BCUT2D eigenvalue weighted by molar-refractivity contribution is 9.10. The largest absolute Gasteiger partial charge is 0.370 e.